The Bertz CT molecular complexity index is 916. The topological polar surface area (TPSA) is 56.2 Å². The molecular weight excluding hydrogens is 314 g/mol. The van der Waals surface area contributed by atoms with Crippen LogP contribution in [0.25, 0.3) is 5.69 Å². The molecule has 1 aromatic heterocycles. The van der Waals surface area contributed by atoms with Crippen LogP contribution in [-0.2, 0) is 12.8 Å². The molecule has 0 saturated carbocycles. The Balaban J connectivity index is 1.60. The molecule has 1 heterocycles. The number of ether oxygens (including phenoxy) is 1. The van der Waals surface area contributed by atoms with Crippen LogP contribution in [0.4, 0.5) is 5.69 Å². The van der Waals surface area contributed by atoms with Gasteiger partial charge in [-0.1, -0.05) is 24.3 Å². The molecule has 1 amide bonds. The number of anilines is 1. The van der Waals surface area contributed by atoms with E-state index in [1.54, 1.807) is 18.0 Å². The van der Waals surface area contributed by atoms with Crippen molar-refractivity contribution < 1.29 is 9.53 Å². The molecule has 0 saturated heterocycles. The molecule has 0 aliphatic heterocycles. The Morgan fingerprint density at radius 3 is 2.72 bits per heavy atom. The molecule has 5 nitrogen and oxygen atoms in total. The van der Waals surface area contributed by atoms with Crippen molar-refractivity contribution in [3.05, 3.63) is 71.5 Å². The normalized spacial score (nSPS) is 12.7. The fourth-order valence-electron chi connectivity index (χ4n) is 3.22. The number of hydrogen-bond donors (Lipinski definition) is 1. The summed E-state index contributed by atoms with van der Waals surface area (Å²) in [7, 11) is 1.54. The fraction of sp³-hybridized carbons (Fsp3) is 0.200. The van der Waals surface area contributed by atoms with E-state index < -0.39 is 0 Å². The highest BCUT2D eigenvalue weighted by molar-refractivity contribution is 6.04. The van der Waals surface area contributed by atoms with Crippen LogP contribution in [0.3, 0.4) is 0 Å². The summed E-state index contributed by atoms with van der Waals surface area (Å²) in [6.45, 7) is 0. The van der Waals surface area contributed by atoms with Gasteiger partial charge in [-0.05, 0) is 54.7 Å². The molecule has 0 unspecified atom stereocenters. The number of carbonyl (C=O) groups excluding carboxylic acids is 1. The number of fused-ring (bicyclic) bond motifs is 1. The highest BCUT2D eigenvalue weighted by Crippen LogP contribution is 2.26. The predicted molar refractivity (Wildman–Crippen MR) is 96.5 cm³/mol. The summed E-state index contributed by atoms with van der Waals surface area (Å²) in [4.78, 5) is 12.7. The maximum absolute atomic E-state index is 12.7. The minimum atomic E-state index is -0.274. The maximum Gasteiger partial charge on any atom is 0.280 e. The molecule has 0 bridgehead atoms. The molecule has 1 aliphatic carbocycles. The van der Waals surface area contributed by atoms with Gasteiger partial charge in [0.2, 0.25) is 0 Å². The molecule has 5 heteroatoms. The molecule has 3 aromatic rings. The summed E-state index contributed by atoms with van der Waals surface area (Å²) in [6.07, 6.45) is 5.10. The smallest absolute Gasteiger partial charge is 0.280 e. The van der Waals surface area contributed by atoms with Crippen molar-refractivity contribution in [2.45, 2.75) is 19.3 Å². The third kappa shape index (κ3) is 3.01. The van der Waals surface area contributed by atoms with Crippen LogP contribution < -0.4 is 10.1 Å². The summed E-state index contributed by atoms with van der Waals surface area (Å²) < 4.78 is 6.99. The van der Waals surface area contributed by atoms with Crippen molar-refractivity contribution in [3.8, 4) is 11.4 Å². The van der Waals surface area contributed by atoms with Gasteiger partial charge < -0.3 is 10.1 Å². The lowest BCUT2D eigenvalue weighted by atomic mass is 10.1. The standard InChI is InChI=1S/C20H19N3O2/c1-25-18-13-23(17-8-3-2-4-9-17)22-19(18)20(24)21-16-11-10-14-6-5-7-15(14)12-16/h2-4,8-13H,5-7H2,1H3,(H,21,24). The number of aromatic nitrogens is 2. The van der Waals surface area contributed by atoms with Crippen LogP contribution in [-0.4, -0.2) is 22.8 Å². The number of hydrogen-bond acceptors (Lipinski definition) is 3. The van der Waals surface area contributed by atoms with Crippen molar-refractivity contribution in [3.63, 3.8) is 0 Å². The average molecular weight is 333 g/mol. The Morgan fingerprint density at radius 2 is 1.92 bits per heavy atom. The van der Waals surface area contributed by atoms with Crippen LogP contribution in [0, 0.1) is 0 Å². The van der Waals surface area contributed by atoms with Crippen molar-refractivity contribution in [2.24, 2.45) is 0 Å². The van der Waals surface area contributed by atoms with E-state index in [9.17, 15) is 4.79 Å². The second-order valence-electron chi connectivity index (χ2n) is 6.12. The van der Waals surface area contributed by atoms with E-state index in [2.05, 4.69) is 22.5 Å². The Hall–Kier alpha value is -3.08. The quantitative estimate of drug-likeness (QED) is 0.793. The van der Waals surface area contributed by atoms with Crippen LogP contribution in [0.2, 0.25) is 0 Å². The largest absolute Gasteiger partial charge is 0.493 e. The summed E-state index contributed by atoms with van der Waals surface area (Å²) in [5.74, 6) is 0.173. The monoisotopic (exact) mass is 333 g/mol. The Kier molecular flexibility index (Phi) is 3.98. The number of rotatable bonds is 4. The third-order valence-electron chi connectivity index (χ3n) is 4.49. The number of benzene rings is 2. The minimum Gasteiger partial charge on any atom is -0.493 e. The lowest BCUT2D eigenvalue weighted by Gasteiger charge is -2.07. The number of nitrogens with zero attached hydrogens (tertiary/aromatic N) is 2. The predicted octanol–water partition coefficient (Wildman–Crippen LogP) is 3.62. The van der Waals surface area contributed by atoms with Crippen LogP contribution in [0.1, 0.15) is 28.0 Å². The number of amides is 1. The molecular formula is C20H19N3O2. The second kappa shape index (κ2) is 6.43. The fourth-order valence-corrected chi connectivity index (χ4v) is 3.22. The first kappa shape index (κ1) is 15.4. The number of nitrogens with one attached hydrogen (secondary N) is 1. The van der Waals surface area contributed by atoms with Gasteiger partial charge in [-0.15, -0.1) is 0 Å². The zero-order chi connectivity index (χ0) is 17.2. The molecule has 0 spiro atoms. The minimum absolute atomic E-state index is 0.270. The molecule has 0 radical (unpaired) electrons. The van der Waals surface area contributed by atoms with Crippen LogP contribution in [0.5, 0.6) is 5.75 Å². The second-order valence-corrected chi connectivity index (χ2v) is 6.12. The van der Waals surface area contributed by atoms with Crippen molar-refractivity contribution in [1.29, 1.82) is 0 Å². The molecule has 25 heavy (non-hydrogen) atoms. The summed E-state index contributed by atoms with van der Waals surface area (Å²) in [5, 5.41) is 7.33. The molecule has 2 aromatic carbocycles. The number of carbonyl (C=O) groups is 1. The molecule has 126 valence electrons. The Labute approximate surface area is 146 Å². The van der Waals surface area contributed by atoms with E-state index in [1.807, 2.05) is 36.4 Å². The first-order valence-electron chi connectivity index (χ1n) is 8.37. The molecule has 1 N–H and O–H groups in total. The average Bonchev–Trinajstić information content (AvgIpc) is 3.28. The highest BCUT2D eigenvalue weighted by Gasteiger charge is 2.19. The van der Waals surface area contributed by atoms with Gasteiger partial charge in [-0.2, -0.15) is 5.10 Å². The summed E-state index contributed by atoms with van der Waals surface area (Å²) >= 11 is 0. The van der Waals surface area contributed by atoms with E-state index in [1.165, 1.54) is 17.5 Å². The number of methoxy groups -OCH3 is 1. The maximum atomic E-state index is 12.7. The van der Waals surface area contributed by atoms with E-state index in [0.717, 1.165) is 24.2 Å². The van der Waals surface area contributed by atoms with E-state index in [0.29, 0.717) is 5.75 Å². The first-order valence-corrected chi connectivity index (χ1v) is 8.37. The molecule has 0 fully saturated rings. The van der Waals surface area contributed by atoms with Crippen molar-refractivity contribution >= 4 is 11.6 Å². The van der Waals surface area contributed by atoms with Crippen LogP contribution in [0.15, 0.2) is 54.7 Å². The number of para-hydroxylation sites is 1. The first-order chi connectivity index (χ1) is 12.2. The van der Waals surface area contributed by atoms with Gasteiger partial charge in [0.25, 0.3) is 5.91 Å². The van der Waals surface area contributed by atoms with Gasteiger partial charge in [0.1, 0.15) is 0 Å². The van der Waals surface area contributed by atoms with Gasteiger partial charge in [-0.25, -0.2) is 4.68 Å². The van der Waals surface area contributed by atoms with Gasteiger partial charge >= 0.3 is 0 Å². The zero-order valence-electron chi connectivity index (χ0n) is 14.0. The lowest BCUT2D eigenvalue weighted by molar-refractivity contribution is 0.101. The zero-order valence-corrected chi connectivity index (χ0v) is 14.0. The molecule has 1 aliphatic rings. The van der Waals surface area contributed by atoms with Crippen molar-refractivity contribution in [2.75, 3.05) is 12.4 Å². The number of aryl methyl sites for hydroxylation is 2. The SMILES string of the molecule is COc1cn(-c2ccccc2)nc1C(=O)Nc1ccc2c(c1)CCC2. The van der Waals surface area contributed by atoms with E-state index in [-0.39, 0.29) is 11.6 Å². The van der Waals surface area contributed by atoms with Gasteiger partial charge in [-0.3, -0.25) is 4.79 Å². The third-order valence-corrected chi connectivity index (χ3v) is 4.49. The van der Waals surface area contributed by atoms with Gasteiger partial charge in [0.15, 0.2) is 11.4 Å². The van der Waals surface area contributed by atoms with E-state index in [4.69, 9.17) is 4.74 Å². The summed E-state index contributed by atoms with van der Waals surface area (Å²) in [5.41, 5.74) is 4.63. The summed E-state index contributed by atoms with van der Waals surface area (Å²) in [6, 6.07) is 15.7. The van der Waals surface area contributed by atoms with Gasteiger partial charge in [0.05, 0.1) is 19.0 Å². The Morgan fingerprint density at radius 1 is 1.12 bits per heavy atom. The lowest BCUT2D eigenvalue weighted by Crippen LogP contribution is -2.14. The van der Waals surface area contributed by atoms with Gasteiger partial charge in [0, 0.05) is 5.69 Å². The molecule has 0 atom stereocenters. The van der Waals surface area contributed by atoms with Crippen LogP contribution >= 0.6 is 0 Å². The highest BCUT2D eigenvalue weighted by atomic mass is 16.5. The van der Waals surface area contributed by atoms with Crippen molar-refractivity contribution in [1.82, 2.24) is 9.78 Å². The molecule has 4 rings (SSSR count). The van der Waals surface area contributed by atoms with E-state index >= 15 is 0 Å².